The van der Waals surface area contributed by atoms with Crippen LogP contribution < -0.4 is 5.32 Å². The van der Waals surface area contributed by atoms with E-state index in [2.05, 4.69) is 35.1 Å². The van der Waals surface area contributed by atoms with Gasteiger partial charge in [0.25, 0.3) is 0 Å². The number of nitrogens with one attached hydrogen (secondary N) is 1. The monoisotopic (exact) mass is 327 g/mol. The molecule has 1 N–H and O–H groups in total. The molecule has 0 aliphatic carbocycles. The molecule has 0 spiro atoms. The summed E-state index contributed by atoms with van der Waals surface area (Å²) in [5.41, 5.74) is 2.08. The van der Waals surface area contributed by atoms with Crippen molar-refractivity contribution in [2.45, 2.75) is 33.7 Å². The molecule has 0 bridgehead atoms. The van der Waals surface area contributed by atoms with E-state index in [1.165, 1.54) is 0 Å². The second-order valence-corrected chi connectivity index (χ2v) is 5.85. The van der Waals surface area contributed by atoms with Crippen molar-refractivity contribution in [1.29, 1.82) is 0 Å². The Kier molecular flexibility index (Phi) is 6.52. The number of halogens is 1. The predicted molar refractivity (Wildman–Crippen MR) is 81.1 cm³/mol. The molecule has 0 heterocycles. The molecule has 0 aromatic heterocycles. The molecular weight excluding hydrogens is 306 g/mol. The summed E-state index contributed by atoms with van der Waals surface area (Å²) in [6.07, 6.45) is 0. The van der Waals surface area contributed by atoms with Crippen molar-refractivity contribution in [2.75, 3.05) is 13.2 Å². The van der Waals surface area contributed by atoms with E-state index in [9.17, 15) is 4.79 Å². The minimum atomic E-state index is -0.403. The lowest BCUT2D eigenvalue weighted by Gasteiger charge is -2.19. The number of esters is 1. The number of carbonyl (C=O) groups excluding carboxylic acids is 1. The minimum Gasteiger partial charge on any atom is -0.465 e. The summed E-state index contributed by atoms with van der Waals surface area (Å²) in [5, 5.41) is 3.27. The number of aryl methyl sites for hydroxylation is 1. The minimum absolute atomic E-state index is 0.223. The molecule has 0 aliphatic heterocycles. The summed E-state index contributed by atoms with van der Waals surface area (Å²) in [6, 6.07) is 5.54. The van der Waals surface area contributed by atoms with Gasteiger partial charge in [0.1, 0.15) is 6.04 Å². The van der Waals surface area contributed by atoms with Gasteiger partial charge in [0.2, 0.25) is 0 Å². The quantitative estimate of drug-likeness (QED) is 0.811. The van der Waals surface area contributed by atoms with Crippen LogP contribution in [-0.4, -0.2) is 19.1 Å². The average molecular weight is 328 g/mol. The Morgan fingerprint density at radius 3 is 2.63 bits per heavy atom. The normalized spacial score (nSPS) is 12.5. The van der Waals surface area contributed by atoms with Crippen LogP contribution in [0, 0.1) is 12.8 Å². The molecule has 3 nitrogen and oxygen atoms in total. The zero-order valence-corrected chi connectivity index (χ0v) is 13.6. The van der Waals surface area contributed by atoms with Crippen molar-refractivity contribution >= 4 is 21.9 Å². The Morgan fingerprint density at radius 2 is 2.11 bits per heavy atom. The molecule has 1 aromatic rings. The molecule has 0 fully saturated rings. The van der Waals surface area contributed by atoms with Crippen molar-refractivity contribution in [3.8, 4) is 0 Å². The molecule has 0 amide bonds. The van der Waals surface area contributed by atoms with Crippen LogP contribution in [0.5, 0.6) is 0 Å². The first-order valence-electron chi connectivity index (χ1n) is 6.61. The lowest BCUT2D eigenvalue weighted by molar-refractivity contribution is -0.145. The molecule has 1 atom stereocenters. The molecule has 1 unspecified atom stereocenters. The third kappa shape index (κ3) is 4.96. The Hall–Kier alpha value is -0.870. The molecule has 0 radical (unpaired) electrons. The largest absolute Gasteiger partial charge is 0.465 e. The van der Waals surface area contributed by atoms with Crippen LogP contribution in [0.3, 0.4) is 0 Å². The van der Waals surface area contributed by atoms with Crippen molar-refractivity contribution in [3.05, 3.63) is 33.8 Å². The number of ether oxygens (including phenoxy) is 1. The van der Waals surface area contributed by atoms with E-state index in [-0.39, 0.29) is 5.97 Å². The number of benzene rings is 1. The SMILES string of the molecule is CCOC(=O)C(NCC(C)C)c1ccc(C)c(Br)c1. The highest BCUT2D eigenvalue weighted by Gasteiger charge is 2.22. The lowest BCUT2D eigenvalue weighted by atomic mass is 10.0. The van der Waals surface area contributed by atoms with Gasteiger partial charge in [-0.05, 0) is 43.5 Å². The average Bonchev–Trinajstić information content (AvgIpc) is 2.33. The first-order valence-corrected chi connectivity index (χ1v) is 7.41. The van der Waals surface area contributed by atoms with Gasteiger partial charge < -0.3 is 10.1 Å². The molecule has 1 aromatic carbocycles. The third-order valence-electron chi connectivity index (χ3n) is 2.78. The molecule has 106 valence electrons. The van der Waals surface area contributed by atoms with Crippen LogP contribution in [0.4, 0.5) is 0 Å². The van der Waals surface area contributed by atoms with Gasteiger partial charge in [0.15, 0.2) is 0 Å². The van der Waals surface area contributed by atoms with E-state index >= 15 is 0 Å². The zero-order valence-electron chi connectivity index (χ0n) is 12.0. The summed E-state index contributed by atoms with van der Waals surface area (Å²) < 4.78 is 6.15. The van der Waals surface area contributed by atoms with E-state index in [0.717, 1.165) is 22.1 Å². The second-order valence-electron chi connectivity index (χ2n) is 5.00. The maximum Gasteiger partial charge on any atom is 0.327 e. The summed E-state index contributed by atoms with van der Waals surface area (Å²) in [5.74, 6) is 0.254. The van der Waals surface area contributed by atoms with Crippen molar-refractivity contribution in [1.82, 2.24) is 5.32 Å². The number of hydrogen-bond acceptors (Lipinski definition) is 3. The number of carbonyl (C=O) groups is 1. The van der Waals surface area contributed by atoms with Crippen LogP contribution in [0.2, 0.25) is 0 Å². The highest BCUT2D eigenvalue weighted by atomic mass is 79.9. The molecule has 0 aliphatic rings. The van der Waals surface area contributed by atoms with Crippen LogP contribution >= 0.6 is 15.9 Å². The van der Waals surface area contributed by atoms with E-state index in [1.807, 2.05) is 32.0 Å². The smallest absolute Gasteiger partial charge is 0.327 e. The van der Waals surface area contributed by atoms with E-state index in [1.54, 1.807) is 0 Å². The second kappa shape index (κ2) is 7.65. The predicted octanol–water partition coefficient (Wildman–Crippen LogP) is 3.61. The molecule has 0 saturated carbocycles. The Bertz CT molecular complexity index is 432. The zero-order chi connectivity index (χ0) is 14.4. The van der Waals surface area contributed by atoms with Gasteiger partial charge >= 0.3 is 5.97 Å². The fourth-order valence-corrected chi connectivity index (χ4v) is 2.10. The molecular formula is C15H22BrNO2. The van der Waals surface area contributed by atoms with Crippen LogP contribution in [0.1, 0.15) is 37.9 Å². The van der Waals surface area contributed by atoms with E-state index in [4.69, 9.17) is 4.74 Å². The van der Waals surface area contributed by atoms with Crippen molar-refractivity contribution in [2.24, 2.45) is 5.92 Å². The highest BCUT2D eigenvalue weighted by Crippen LogP contribution is 2.23. The Morgan fingerprint density at radius 1 is 1.42 bits per heavy atom. The van der Waals surface area contributed by atoms with Crippen molar-refractivity contribution in [3.63, 3.8) is 0 Å². The summed E-state index contributed by atoms with van der Waals surface area (Å²) in [7, 11) is 0. The fourth-order valence-electron chi connectivity index (χ4n) is 1.71. The maximum absolute atomic E-state index is 12.1. The van der Waals surface area contributed by atoms with E-state index in [0.29, 0.717) is 12.5 Å². The van der Waals surface area contributed by atoms with E-state index < -0.39 is 6.04 Å². The summed E-state index contributed by atoms with van der Waals surface area (Å²) >= 11 is 3.50. The molecule has 4 heteroatoms. The van der Waals surface area contributed by atoms with Crippen LogP contribution in [0.15, 0.2) is 22.7 Å². The van der Waals surface area contributed by atoms with Gasteiger partial charge in [-0.25, -0.2) is 4.79 Å². The third-order valence-corrected chi connectivity index (χ3v) is 3.64. The fraction of sp³-hybridized carbons (Fsp3) is 0.533. The topological polar surface area (TPSA) is 38.3 Å². The van der Waals surface area contributed by atoms with Gasteiger partial charge in [-0.3, -0.25) is 0 Å². The Balaban J connectivity index is 2.93. The summed E-state index contributed by atoms with van der Waals surface area (Å²) in [6.45, 7) is 9.23. The van der Waals surface area contributed by atoms with Gasteiger partial charge in [0, 0.05) is 4.47 Å². The van der Waals surface area contributed by atoms with Gasteiger partial charge in [-0.15, -0.1) is 0 Å². The lowest BCUT2D eigenvalue weighted by Crippen LogP contribution is -2.32. The van der Waals surface area contributed by atoms with Gasteiger partial charge in [0.05, 0.1) is 6.61 Å². The maximum atomic E-state index is 12.1. The summed E-state index contributed by atoms with van der Waals surface area (Å²) in [4.78, 5) is 12.1. The molecule has 19 heavy (non-hydrogen) atoms. The standard InChI is InChI=1S/C15H22BrNO2/c1-5-19-15(18)14(17-9-10(2)3)12-7-6-11(4)13(16)8-12/h6-8,10,14,17H,5,9H2,1-4H3. The Labute approximate surface area is 123 Å². The van der Waals surface area contributed by atoms with Crippen LogP contribution in [0.25, 0.3) is 0 Å². The highest BCUT2D eigenvalue weighted by molar-refractivity contribution is 9.10. The number of rotatable bonds is 6. The van der Waals surface area contributed by atoms with Gasteiger partial charge in [-0.2, -0.15) is 0 Å². The molecule has 1 rings (SSSR count). The number of hydrogen-bond donors (Lipinski definition) is 1. The van der Waals surface area contributed by atoms with Crippen molar-refractivity contribution < 1.29 is 9.53 Å². The van der Waals surface area contributed by atoms with Gasteiger partial charge in [-0.1, -0.05) is 41.9 Å². The van der Waals surface area contributed by atoms with Crippen LogP contribution in [-0.2, 0) is 9.53 Å². The first kappa shape index (κ1) is 16.2. The first-order chi connectivity index (χ1) is 8.95. The molecule has 0 saturated heterocycles.